The highest BCUT2D eigenvalue weighted by atomic mass is 16.6. The fraction of sp³-hybridized carbons (Fsp3) is 0.259. The maximum atomic E-state index is 13.2. The molecule has 1 aliphatic carbocycles. The summed E-state index contributed by atoms with van der Waals surface area (Å²) in [5.74, 6) is -1.04. The van der Waals surface area contributed by atoms with Crippen molar-refractivity contribution in [3.8, 4) is 16.9 Å². The van der Waals surface area contributed by atoms with Crippen molar-refractivity contribution in [1.29, 1.82) is 0 Å². The number of amides is 1. The molecule has 1 heterocycles. The van der Waals surface area contributed by atoms with Crippen LogP contribution in [0.1, 0.15) is 35.1 Å². The van der Waals surface area contributed by atoms with Crippen LogP contribution in [0.25, 0.3) is 11.1 Å². The Morgan fingerprint density at radius 1 is 0.970 bits per heavy atom. The molecule has 5 rings (SSSR count). The van der Waals surface area contributed by atoms with E-state index in [1.807, 2.05) is 30.3 Å². The fourth-order valence-electron chi connectivity index (χ4n) is 5.17. The van der Waals surface area contributed by atoms with Crippen LogP contribution in [0.4, 0.5) is 4.79 Å². The molecule has 168 valence electrons. The largest absolute Gasteiger partial charge is 0.497 e. The molecule has 1 aliphatic heterocycles. The molecule has 3 aromatic rings. The molecule has 0 aromatic heterocycles. The van der Waals surface area contributed by atoms with Gasteiger partial charge in [0, 0.05) is 12.5 Å². The Bertz CT molecular complexity index is 1160. The van der Waals surface area contributed by atoms with Crippen LogP contribution in [0.5, 0.6) is 5.75 Å². The van der Waals surface area contributed by atoms with Gasteiger partial charge in [0.2, 0.25) is 0 Å². The number of ether oxygens (including phenoxy) is 2. The van der Waals surface area contributed by atoms with Crippen LogP contribution in [0, 0.1) is 5.92 Å². The molecule has 2 aliphatic rings. The summed E-state index contributed by atoms with van der Waals surface area (Å²) in [5.41, 5.74) is 5.33. The highest BCUT2D eigenvalue weighted by molar-refractivity contribution is 5.79. The first-order chi connectivity index (χ1) is 16.1. The second-order valence-corrected chi connectivity index (χ2v) is 8.45. The predicted octanol–water partition coefficient (Wildman–Crippen LogP) is 5.09. The molecule has 6 heteroatoms. The lowest BCUT2D eigenvalue weighted by Gasteiger charge is -2.27. The molecule has 6 nitrogen and oxygen atoms in total. The van der Waals surface area contributed by atoms with Gasteiger partial charge in [-0.2, -0.15) is 0 Å². The van der Waals surface area contributed by atoms with E-state index in [-0.39, 0.29) is 12.5 Å². The summed E-state index contributed by atoms with van der Waals surface area (Å²) in [5, 5.41) is 9.78. The second-order valence-electron chi connectivity index (χ2n) is 8.45. The van der Waals surface area contributed by atoms with Crippen LogP contribution in [0.15, 0.2) is 72.8 Å². The zero-order valence-corrected chi connectivity index (χ0v) is 18.3. The van der Waals surface area contributed by atoms with E-state index in [1.165, 1.54) is 0 Å². The van der Waals surface area contributed by atoms with Crippen LogP contribution in [0.2, 0.25) is 0 Å². The first kappa shape index (κ1) is 21.1. The van der Waals surface area contributed by atoms with Gasteiger partial charge in [0.15, 0.2) is 0 Å². The van der Waals surface area contributed by atoms with E-state index < -0.39 is 24.0 Å². The number of carbonyl (C=O) groups is 2. The van der Waals surface area contributed by atoms with Gasteiger partial charge in [-0.15, -0.1) is 0 Å². The molecule has 0 spiro atoms. The number of rotatable bonds is 5. The minimum absolute atomic E-state index is 0.0468. The number of carboxylic acids is 1. The molecule has 33 heavy (non-hydrogen) atoms. The summed E-state index contributed by atoms with van der Waals surface area (Å²) in [6.07, 6.45) is -0.116. The SMILES string of the molecule is COc1cccc(C2C(C(=O)O)CCN2C(=O)OCC2c3ccccc3-c3ccccc32)c1. The summed E-state index contributed by atoms with van der Waals surface area (Å²) in [4.78, 5) is 26.7. The van der Waals surface area contributed by atoms with Crippen molar-refractivity contribution in [2.45, 2.75) is 18.4 Å². The van der Waals surface area contributed by atoms with Gasteiger partial charge < -0.3 is 19.5 Å². The number of likely N-dealkylation sites (tertiary alicyclic amines) is 1. The van der Waals surface area contributed by atoms with Crippen LogP contribution in [-0.2, 0) is 9.53 Å². The van der Waals surface area contributed by atoms with Crippen LogP contribution in [0.3, 0.4) is 0 Å². The first-order valence-corrected chi connectivity index (χ1v) is 11.1. The van der Waals surface area contributed by atoms with Crippen molar-refractivity contribution in [2.75, 3.05) is 20.3 Å². The van der Waals surface area contributed by atoms with Gasteiger partial charge in [-0.1, -0.05) is 60.7 Å². The molecule has 0 saturated carbocycles. The Morgan fingerprint density at radius 2 is 1.64 bits per heavy atom. The monoisotopic (exact) mass is 443 g/mol. The summed E-state index contributed by atoms with van der Waals surface area (Å²) in [7, 11) is 1.56. The molecule has 0 bridgehead atoms. The number of carboxylic acid groups (broad SMARTS) is 1. The molecule has 1 fully saturated rings. The lowest BCUT2D eigenvalue weighted by Crippen LogP contribution is -2.34. The van der Waals surface area contributed by atoms with Crippen LogP contribution < -0.4 is 4.74 Å². The topological polar surface area (TPSA) is 76.1 Å². The van der Waals surface area contributed by atoms with Crippen molar-refractivity contribution < 1.29 is 24.2 Å². The zero-order valence-electron chi connectivity index (χ0n) is 18.3. The lowest BCUT2D eigenvalue weighted by molar-refractivity contribution is -0.142. The van der Waals surface area contributed by atoms with Gasteiger partial charge >= 0.3 is 12.1 Å². The quantitative estimate of drug-likeness (QED) is 0.594. The van der Waals surface area contributed by atoms with Gasteiger partial charge in [0.05, 0.1) is 19.1 Å². The average Bonchev–Trinajstić information content (AvgIpc) is 3.43. The van der Waals surface area contributed by atoms with Gasteiger partial charge in [-0.3, -0.25) is 4.79 Å². The standard InChI is InChI=1S/C27H25NO5/c1-32-18-8-6-7-17(15-18)25-23(26(29)30)13-14-28(25)27(31)33-16-24-21-11-4-2-9-19(21)20-10-3-5-12-22(20)24/h2-12,15,23-25H,13-14,16H2,1H3,(H,29,30). The Hall–Kier alpha value is -3.80. The molecule has 3 aromatic carbocycles. The number of nitrogens with zero attached hydrogens (tertiary/aromatic N) is 1. The Balaban J connectivity index is 1.39. The van der Waals surface area contributed by atoms with E-state index in [4.69, 9.17) is 9.47 Å². The van der Waals surface area contributed by atoms with Crippen LogP contribution >= 0.6 is 0 Å². The van der Waals surface area contributed by atoms with Crippen LogP contribution in [-0.4, -0.2) is 42.3 Å². The number of methoxy groups -OCH3 is 1. The number of hydrogen-bond donors (Lipinski definition) is 1. The van der Waals surface area contributed by atoms with Crippen molar-refractivity contribution in [2.24, 2.45) is 5.92 Å². The molecule has 1 saturated heterocycles. The smallest absolute Gasteiger partial charge is 0.410 e. The highest BCUT2D eigenvalue weighted by Crippen LogP contribution is 2.45. The minimum Gasteiger partial charge on any atom is -0.497 e. The Kier molecular flexibility index (Phi) is 5.50. The van der Waals surface area contributed by atoms with E-state index in [0.29, 0.717) is 18.7 Å². The van der Waals surface area contributed by atoms with Crippen molar-refractivity contribution in [3.63, 3.8) is 0 Å². The molecule has 0 radical (unpaired) electrons. The Morgan fingerprint density at radius 3 is 2.27 bits per heavy atom. The average molecular weight is 443 g/mol. The third-order valence-corrected chi connectivity index (χ3v) is 6.72. The number of benzene rings is 3. The molecule has 2 atom stereocenters. The first-order valence-electron chi connectivity index (χ1n) is 11.1. The Labute approximate surface area is 192 Å². The second kappa shape index (κ2) is 8.62. The molecule has 1 N–H and O–H groups in total. The summed E-state index contributed by atoms with van der Waals surface area (Å²) in [6, 6.07) is 23.0. The maximum Gasteiger partial charge on any atom is 0.410 e. The fourth-order valence-corrected chi connectivity index (χ4v) is 5.17. The normalized spacial score (nSPS) is 19.1. The number of fused-ring (bicyclic) bond motifs is 3. The molecule has 2 unspecified atom stereocenters. The maximum absolute atomic E-state index is 13.2. The predicted molar refractivity (Wildman–Crippen MR) is 123 cm³/mol. The summed E-state index contributed by atoms with van der Waals surface area (Å²) in [6.45, 7) is 0.529. The van der Waals surface area contributed by atoms with E-state index in [0.717, 1.165) is 27.8 Å². The molecule has 1 amide bonds. The molecular weight excluding hydrogens is 418 g/mol. The summed E-state index contributed by atoms with van der Waals surface area (Å²) >= 11 is 0. The van der Waals surface area contributed by atoms with E-state index in [2.05, 4.69) is 24.3 Å². The highest BCUT2D eigenvalue weighted by Gasteiger charge is 2.43. The van der Waals surface area contributed by atoms with E-state index in [9.17, 15) is 14.7 Å². The van der Waals surface area contributed by atoms with E-state index >= 15 is 0 Å². The molecular formula is C27H25NO5. The van der Waals surface area contributed by atoms with Gasteiger partial charge in [-0.05, 0) is 46.4 Å². The lowest BCUT2D eigenvalue weighted by atomic mass is 9.94. The minimum atomic E-state index is -0.920. The van der Waals surface area contributed by atoms with Crippen molar-refractivity contribution in [3.05, 3.63) is 89.5 Å². The van der Waals surface area contributed by atoms with Gasteiger partial charge in [0.1, 0.15) is 12.4 Å². The van der Waals surface area contributed by atoms with Crippen molar-refractivity contribution >= 4 is 12.1 Å². The van der Waals surface area contributed by atoms with Crippen molar-refractivity contribution in [1.82, 2.24) is 4.90 Å². The van der Waals surface area contributed by atoms with Gasteiger partial charge in [0.25, 0.3) is 0 Å². The zero-order chi connectivity index (χ0) is 22.9. The summed E-state index contributed by atoms with van der Waals surface area (Å²) < 4.78 is 11.1. The van der Waals surface area contributed by atoms with E-state index in [1.54, 1.807) is 30.2 Å². The number of hydrogen-bond acceptors (Lipinski definition) is 4. The number of aliphatic carboxylic acids is 1. The third kappa shape index (κ3) is 3.71. The number of carbonyl (C=O) groups excluding carboxylic acids is 1. The third-order valence-electron chi connectivity index (χ3n) is 6.72. The van der Waals surface area contributed by atoms with Gasteiger partial charge in [-0.25, -0.2) is 4.79 Å².